The van der Waals surface area contributed by atoms with Gasteiger partial charge >= 0.3 is 0 Å². The molecule has 0 atom stereocenters. The van der Waals surface area contributed by atoms with Crippen LogP contribution in [0.15, 0.2) is 42.5 Å². The van der Waals surface area contributed by atoms with Crippen LogP contribution in [0.5, 0.6) is 0 Å². The minimum Gasteiger partial charge on any atom is -0.294 e. The van der Waals surface area contributed by atoms with Crippen LogP contribution >= 0.6 is 0 Å². The van der Waals surface area contributed by atoms with E-state index in [9.17, 15) is 9.18 Å². The van der Waals surface area contributed by atoms with E-state index in [0.717, 1.165) is 11.1 Å². The van der Waals surface area contributed by atoms with Crippen LogP contribution in [0.25, 0.3) is 11.1 Å². The molecule has 92 valence electrons. The van der Waals surface area contributed by atoms with Crippen LogP contribution in [-0.2, 0) is 0 Å². The summed E-state index contributed by atoms with van der Waals surface area (Å²) in [6.45, 7) is 3.76. The molecule has 2 heteroatoms. The van der Waals surface area contributed by atoms with Gasteiger partial charge < -0.3 is 0 Å². The molecule has 0 unspecified atom stereocenters. The number of rotatable bonds is 3. The Morgan fingerprint density at radius 1 is 1.11 bits per heavy atom. The Kier molecular flexibility index (Phi) is 3.56. The highest BCUT2D eigenvalue weighted by Gasteiger charge is 2.07. The second-order valence-corrected chi connectivity index (χ2v) is 4.34. The molecule has 0 N–H and O–H groups in total. The van der Waals surface area contributed by atoms with Gasteiger partial charge in [-0.3, -0.25) is 4.79 Å². The summed E-state index contributed by atoms with van der Waals surface area (Å²) in [4.78, 5) is 11.5. The van der Waals surface area contributed by atoms with Gasteiger partial charge in [0.15, 0.2) is 5.78 Å². The third-order valence-corrected chi connectivity index (χ3v) is 2.96. The van der Waals surface area contributed by atoms with Crippen molar-refractivity contribution < 1.29 is 9.18 Å². The topological polar surface area (TPSA) is 17.1 Å². The fourth-order valence-electron chi connectivity index (χ4n) is 1.90. The molecule has 0 aliphatic heterocycles. The Balaban J connectivity index is 2.40. The zero-order valence-electron chi connectivity index (χ0n) is 10.5. The van der Waals surface area contributed by atoms with E-state index in [1.807, 2.05) is 19.9 Å². The number of benzene rings is 2. The largest absolute Gasteiger partial charge is 0.294 e. The summed E-state index contributed by atoms with van der Waals surface area (Å²) in [6.07, 6.45) is 0.484. The summed E-state index contributed by atoms with van der Waals surface area (Å²) in [5.41, 5.74) is 3.06. The van der Waals surface area contributed by atoms with E-state index in [1.54, 1.807) is 30.3 Å². The second-order valence-electron chi connectivity index (χ2n) is 4.34. The van der Waals surface area contributed by atoms with Gasteiger partial charge in [0.2, 0.25) is 0 Å². The molecule has 0 saturated heterocycles. The zero-order chi connectivity index (χ0) is 13.1. The highest BCUT2D eigenvalue weighted by molar-refractivity contribution is 5.96. The van der Waals surface area contributed by atoms with Crippen molar-refractivity contribution in [1.82, 2.24) is 0 Å². The predicted octanol–water partition coefficient (Wildman–Crippen LogP) is 4.39. The molecule has 2 rings (SSSR count). The summed E-state index contributed by atoms with van der Waals surface area (Å²) >= 11 is 0. The van der Waals surface area contributed by atoms with Crippen molar-refractivity contribution in [3.63, 3.8) is 0 Å². The fourth-order valence-corrected chi connectivity index (χ4v) is 1.90. The number of hydrogen-bond acceptors (Lipinski definition) is 1. The van der Waals surface area contributed by atoms with E-state index in [4.69, 9.17) is 0 Å². The molecule has 0 amide bonds. The van der Waals surface area contributed by atoms with Gasteiger partial charge in [0.25, 0.3) is 0 Å². The summed E-state index contributed by atoms with van der Waals surface area (Å²) in [5, 5.41) is 0. The highest BCUT2D eigenvalue weighted by atomic mass is 19.1. The maximum absolute atomic E-state index is 13.7. The normalized spacial score (nSPS) is 10.4. The van der Waals surface area contributed by atoms with Gasteiger partial charge in [-0.25, -0.2) is 4.39 Å². The van der Waals surface area contributed by atoms with Gasteiger partial charge in [-0.2, -0.15) is 0 Å². The van der Waals surface area contributed by atoms with Crippen molar-refractivity contribution >= 4 is 5.78 Å². The quantitative estimate of drug-likeness (QED) is 0.729. The summed E-state index contributed by atoms with van der Waals surface area (Å²) in [7, 11) is 0. The molecule has 0 aliphatic rings. The lowest BCUT2D eigenvalue weighted by Crippen LogP contribution is -1.96. The first kappa shape index (κ1) is 12.5. The Bertz CT molecular complexity index is 570. The molecule has 18 heavy (non-hydrogen) atoms. The van der Waals surface area contributed by atoms with E-state index < -0.39 is 0 Å². The van der Waals surface area contributed by atoms with Crippen LogP contribution in [0.4, 0.5) is 4.39 Å². The molecule has 0 heterocycles. The van der Waals surface area contributed by atoms with Crippen LogP contribution in [-0.4, -0.2) is 5.78 Å². The fraction of sp³-hybridized carbons (Fsp3) is 0.188. The van der Waals surface area contributed by atoms with Crippen molar-refractivity contribution in [2.75, 3.05) is 0 Å². The first-order valence-electron chi connectivity index (χ1n) is 6.01. The van der Waals surface area contributed by atoms with Crippen LogP contribution in [0.2, 0.25) is 0 Å². The van der Waals surface area contributed by atoms with E-state index in [0.29, 0.717) is 17.5 Å². The molecule has 0 saturated carbocycles. The standard InChI is InChI=1S/C16H15FO/c1-3-16(18)13-7-5-12(6-8-13)14-10-11(2)4-9-15(14)17/h4-10H,3H2,1-2H3. The van der Waals surface area contributed by atoms with Crippen LogP contribution in [0.1, 0.15) is 29.3 Å². The first-order chi connectivity index (χ1) is 8.61. The molecule has 0 aromatic heterocycles. The van der Waals surface area contributed by atoms with Gasteiger partial charge in [-0.05, 0) is 24.6 Å². The van der Waals surface area contributed by atoms with Gasteiger partial charge in [0.05, 0.1) is 0 Å². The summed E-state index contributed by atoms with van der Waals surface area (Å²) in [5.74, 6) is -0.138. The van der Waals surface area contributed by atoms with Crippen molar-refractivity contribution in [2.24, 2.45) is 0 Å². The molecule has 0 bridgehead atoms. The minimum absolute atomic E-state index is 0.103. The molecule has 0 fully saturated rings. The highest BCUT2D eigenvalue weighted by Crippen LogP contribution is 2.24. The molecular formula is C16H15FO. The molecule has 2 aromatic carbocycles. The lowest BCUT2D eigenvalue weighted by Gasteiger charge is -2.06. The van der Waals surface area contributed by atoms with Crippen molar-refractivity contribution in [1.29, 1.82) is 0 Å². The van der Waals surface area contributed by atoms with Gasteiger partial charge in [0, 0.05) is 17.5 Å². The van der Waals surface area contributed by atoms with Crippen molar-refractivity contribution in [2.45, 2.75) is 20.3 Å². The number of halogens is 1. The third kappa shape index (κ3) is 2.48. The number of hydrogen-bond donors (Lipinski definition) is 0. The molecule has 1 nitrogen and oxygen atoms in total. The molecule has 0 spiro atoms. The Morgan fingerprint density at radius 2 is 1.78 bits per heavy atom. The third-order valence-electron chi connectivity index (χ3n) is 2.96. The van der Waals surface area contributed by atoms with Gasteiger partial charge in [-0.1, -0.05) is 42.8 Å². The number of carbonyl (C=O) groups excluding carboxylic acids is 1. The zero-order valence-corrected chi connectivity index (χ0v) is 10.5. The lowest BCUT2D eigenvalue weighted by molar-refractivity contribution is 0.0988. The van der Waals surface area contributed by atoms with Crippen LogP contribution in [0, 0.1) is 12.7 Å². The van der Waals surface area contributed by atoms with E-state index in [2.05, 4.69) is 0 Å². The van der Waals surface area contributed by atoms with Crippen LogP contribution < -0.4 is 0 Å². The van der Waals surface area contributed by atoms with Crippen LogP contribution in [0.3, 0.4) is 0 Å². The molecular weight excluding hydrogens is 227 g/mol. The predicted molar refractivity (Wildman–Crippen MR) is 71.2 cm³/mol. The summed E-state index contributed by atoms with van der Waals surface area (Å²) < 4.78 is 13.7. The average Bonchev–Trinajstić information content (AvgIpc) is 2.41. The molecule has 0 aliphatic carbocycles. The molecule has 2 aromatic rings. The van der Waals surface area contributed by atoms with Crippen molar-refractivity contribution in [3.05, 3.63) is 59.4 Å². The Morgan fingerprint density at radius 3 is 2.39 bits per heavy atom. The Hall–Kier alpha value is -1.96. The van der Waals surface area contributed by atoms with E-state index >= 15 is 0 Å². The average molecular weight is 242 g/mol. The number of carbonyl (C=O) groups is 1. The maximum atomic E-state index is 13.7. The van der Waals surface area contributed by atoms with Crippen molar-refractivity contribution in [3.8, 4) is 11.1 Å². The minimum atomic E-state index is -0.241. The first-order valence-corrected chi connectivity index (χ1v) is 6.01. The maximum Gasteiger partial charge on any atom is 0.162 e. The SMILES string of the molecule is CCC(=O)c1ccc(-c2cc(C)ccc2F)cc1. The van der Waals surface area contributed by atoms with Gasteiger partial charge in [-0.15, -0.1) is 0 Å². The van der Waals surface area contributed by atoms with E-state index in [-0.39, 0.29) is 11.6 Å². The molecule has 0 radical (unpaired) electrons. The monoisotopic (exact) mass is 242 g/mol. The Labute approximate surface area is 106 Å². The number of aryl methyl sites for hydroxylation is 1. The summed E-state index contributed by atoms with van der Waals surface area (Å²) in [6, 6.07) is 12.1. The number of ketones is 1. The van der Waals surface area contributed by atoms with Gasteiger partial charge in [0.1, 0.15) is 5.82 Å². The number of Topliss-reactive ketones (excluding diaryl/α,β-unsaturated/α-hetero) is 1. The second kappa shape index (κ2) is 5.13. The lowest BCUT2D eigenvalue weighted by atomic mass is 10.00. The smallest absolute Gasteiger partial charge is 0.162 e. The van der Waals surface area contributed by atoms with E-state index in [1.165, 1.54) is 6.07 Å².